The molecular formula is C20H27N4O2+. The van der Waals surface area contributed by atoms with Crippen molar-refractivity contribution in [3.8, 4) is 0 Å². The number of fused-ring (bicyclic) bond motifs is 1. The van der Waals surface area contributed by atoms with Crippen molar-refractivity contribution in [1.29, 1.82) is 0 Å². The van der Waals surface area contributed by atoms with E-state index in [-0.39, 0.29) is 17.4 Å². The summed E-state index contributed by atoms with van der Waals surface area (Å²) in [5.41, 5.74) is 0.462. The van der Waals surface area contributed by atoms with E-state index >= 15 is 0 Å². The Balaban J connectivity index is 1.57. The molecule has 0 spiro atoms. The van der Waals surface area contributed by atoms with Gasteiger partial charge in [-0.3, -0.25) is 0 Å². The molecule has 0 N–H and O–H groups in total. The zero-order valence-electron chi connectivity index (χ0n) is 15.7. The van der Waals surface area contributed by atoms with Crippen LogP contribution in [-0.4, -0.2) is 51.9 Å². The van der Waals surface area contributed by atoms with Gasteiger partial charge in [0.15, 0.2) is 0 Å². The summed E-state index contributed by atoms with van der Waals surface area (Å²) in [7, 11) is 0. The highest BCUT2D eigenvalue weighted by Gasteiger charge is 2.61. The van der Waals surface area contributed by atoms with E-state index in [2.05, 4.69) is 0 Å². The van der Waals surface area contributed by atoms with Crippen molar-refractivity contribution >= 4 is 29.3 Å². The predicted octanol–water partition coefficient (Wildman–Crippen LogP) is 2.86. The van der Waals surface area contributed by atoms with E-state index in [0.717, 1.165) is 42.9 Å². The number of hydrogen-bond donors (Lipinski definition) is 0. The van der Waals surface area contributed by atoms with E-state index in [1.54, 1.807) is 4.58 Å². The largest absolute Gasteiger partial charge is 0.446 e. The highest BCUT2D eigenvalue weighted by molar-refractivity contribution is 6.70. The van der Waals surface area contributed by atoms with Crippen LogP contribution in [0.15, 0.2) is 9.98 Å². The first-order valence-electron chi connectivity index (χ1n) is 10.2. The number of hydrogen-bond acceptors (Lipinski definition) is 4. The van der Waals surface area contributed by atoms with Gasteiger partial charge in [0.25, 0.3) is 0 Å². The molecule has 4 fully saturated rings. The molecule has 26 heavy (non-hydrogen) atoms. The predicted molar refractivity (Wildman–Crippen MR) is 98.7 cm³/mol. The highest BCUT2D eigenvalue weighted by atomic mass is 16.2. The average molecular weight is 355 g/mol. The molecule has 138 valence electrons. The van der Waals surface area contributed by atoms with Crippen LogP contribution in [0.1, 0.15) is 58.8 Å². The molecule has 0 aromatic rings. The lowest BCUT2D eigenvalue weighted by atomic mass is 9.69. The Kier molecular flexibility index (Phi) is 3.50. The number of carbonyl (C=O) groups is 2. The van der Waals surface area contributed by atoms with Crippen molar-refractivity contribution in [3.05, 3.63) is 0 Å². The Bertz CT molecular complexity index is 774. The standard InChI is InChI=1S/C20H27N4O2/c1-3-5-23-16-15(17(25)24(6-4-2)19(23)26)21-18(22-16)20-9-12-7-13(10-20)14(8-12)11-20/h12-14H,3-11H2,1-2H3/q+1. The zero-order valence-corrected chi connectivity index (χ0v) is 15.7. The van der Waals surface area contributed by atoms with Gasteiger partial charge in [-0.15, -0.1) is 0 Å². The van der Waals surface area contributed by atoms with Gasteiger partial charge in [0, 0.05) is 5.41 Å². The fourth-order valence-corrected chi connectivity index (χ4v) is 6.28. The van der Waals surface area contributed by atoms with Gasteiger partial charge in [-0.05, 0) is 62.7 Å². The van der Waals surface area contributed by atoms with Crippen molar-refractivity contribution < 1.29 is 14.2 Å². The summed E-state index contributed by atoms with van der Waals surface area (Å²) in [6.45, 7) is 5.04. The Morgan fingerprint density at radius 2 is 1.81 bits per heavy atom. The molecule has 0 aromatic carbocycles. The summed E-state index contributed by atoms with van der Waals surface area (Å²) >= 11 is 0. The Morgan fingerprint density at radius 1 is 1.08 bits per heavy atom. The lowest BCUT2D eigenvalue weighted by Crippen LogP contribution is -2.54. The number of carbonyl (C=O) groups excluding carboxylic acids is 2. The summed E-state index contributed by atoms with van der Waals surface area (Å²) in [5.74, 6) is 3.56. The maximum absolute atomic E-state index is 12.9. The van der Waals surface area contributed by atoms with E-state index in [4.69, 9.17) is 9.98 Å². The second-order valence-corrected chi connectivity index (χ2v) is 8.86. The molecule has 4 saturated carbocycles. The van der Waals surface area contributed by atoms with Gasteiger partial charge < -0.3 is 0 Å². The molecular weight excluding hydrogens is 328 g/mol. The van der Waals surface area contributed by atoms with Crippen LogP contribution in [0, 0.1) is 23.2 Å². The van der Waals surface area contributed by atoms with Gasteiger partial charge in [-0.1, -0.05) is 18.8 Å². The minimum absolute atomic E-state index is 0.0602. The maximum atomic E-state index is 12.9. The lowest BCUT2D eigenvalue weighted by Gasteiger charge is -2.35. The van der Waals surface area contributed by atoms with E-state index in [0.29, 0.717) is 24.6 Å². The van der Waals surface area contributed by atoms with Crippen molar-refractivity contribution in [2.45, 2.75) is 58.8 Å². The van der Waals surface area contributed by atoms with Gasteiger partial charge in [-0.2, -0.15) is 9.48 Å². The third-order valence-corrected chi connectivity index (χ3v) is 7.10. The molecule has 2 heterocycles. The van der Waals surface area contributed by atoms with Gasteiger partial charge in [0.05, 0.1) is 13.1 Å². The summed E-state index contributed by atoms with van der Waals surface area (Å²) < 4.78 is 1.68. The molecule has 4 aliphatic carbocycles. The fraction of sp³-hybridized carbons (Fsp3) is 0.750. The topological polar surface area (TPSA) is 65.1 Å². The van der Waals surface area contributed by atoms with Crippen LogP contribution in [0.2, 0.25) is 0 Å². The number of rotatable bonds is 5. The van der Waals surface area contributed by atoms with Crippen molar-refractivity contribution in [2.24, 2.45) is 33.2 Å². The molecule has 3 amide bonds. The molecule has 6 nitrogen and oxygen atoms in total. The normalized spacial score (nSPS) is 37.6. The summed E-state index contributed by atoms with van der Waals surface area (Å²) in [5, 5.41) is 0. The maximum Gasteiger partial charge on any atom is 0.446 e. The van der Waals surface area contributed by atoms with Gasteiger partial charge in [0.2, 0.25) is 11.5 Å². The second kappa shape index (κ2) is 5.57. The molecule has 6 rings (SSSR count). The average Bonchev–Trinajstić information content (AvgIpc) is 3.25. The fourth-order valence-electron chi connectivity index (χ4n) is 6.28. The first kappa shape index (κ1) is 16.3. The van der Waals surface area contributed by atoms with Crippen LogP contribution < -0.4 is 0 Å². The minimum atomic E-state index is -0.259. The third-order valence-electron chi connectivity index (χ3n) is 7.10. The number of aliphatic imine (C=N–C) groups is 2. The molecule has 6 heteroatoms. The van der Waals surface area contributed by atoms with Crippen LogP contribution in [0.25, 0.3) is 0 Å². The van der Waals surface area contributed by atoms with Crippen LogP contribution >= 0.6 is 0 Å². The van der Waals surface area contributed by atoms with E-state index in [9.17, 15) is 9.59 Å². The zero-order chi connectivity index (χ0) is 18.1. The van der Waals surface area contributed by atoms with E-state index in [1.165, 1.54) is 30.6 Å². The quantitative estimate of drug-likeness (QED) is 0.712. The van der Waals surface area contributed by atoms with E-state index < -0.39 is 0 Å². The van der Waals surface area contributed by atoms with Crippen LogP contribution in [-0.2, 0) is 4.79 Å². The number of amidine groups is 2. The monoisotopic (exact) mass is 355 g/mol. The Labute approximate surface area is 154 Å². The molecule has 0 aromatic heterocycles. The first-order chi connectivity index (χ1) is 12.6. The van der Waals surface area contributed by atoms with Crippen molar-refractivity contribution in [3.63, 3.8) is 0 Å². The Hall–Kier alpha value is -1.85. The minimum Gasteiger partial charge on any atom is -0.248 e. The smallest absolute Gasteiger partial charge is 0.248 e. The SMILES string of the molecule is CCCN1C(=O)C2=NC(C34CC5CC(C3)C(C5)C4)=NC2=[N+](CCC)C1=O. The molecule has 2 unspecified atom stereocenters. The van der Waals surface area contributed by atoms with Crippen molar-refractivity contribution in [2.75, 3.05) is 13.1 Å². The third kappa shape index (κ3) is 2.07. The molecule has 6 aliphatic rings. The molecule has 2 aliphatic heterocycles. The van der Waals surface area contributed by atoms with Gasteiger partial charge in [0.1, 0.15) is 0 Å². The first-order valence-corrected chi connectivity index (χ1v) is 10.2. The number of urea groups is 1. The van der Waals surface area contributed by atoms with E-state index in [1.807, 2.05) is 13.8 Å². The molecule has 4 bridgehead atoms. The summed E-state index contributed by atoms with van der Waals surface area (Å²) in [4.78, 5) is 36.7. The second-order valence-electron chi connectivity index (χ2n) is 8.86. The highest BCUT2D eigenvalue weighted by Crippen LogP contribution is 2.65. The lowest BCUT2D eigenvalue weighted by molar-refractivity contribution is -0.435. The van der Waals surface area contributed by atoms with Gasteiger partial charge >= 0.3 is 17.8 Å². The summed E-state index contributed by atoms with van der Waals surface area (Å²) in [6, 6.07) is -0.231. The van der Waals surface area contributed by atoms with Crippen LogP contribution in [0.4, 0.5) is 4.79 Å². The van der Waals surface area contributed by atoms with Crippen LogP contribution in [0.3, 0.4) is 0 Å². The number of imide groups is 1. The number of amides is 3. The molecule has 2 atom stereocenters. The molecule has 0 radical (unpaired) electrons. The Morgan fingerprint density at radius 3 is 2.42 bits per heavy atom. The summed E-state index contributed by atoms with van der Waals surface area (Å²) in [6.07, 6.45) is 7.84. The van der Waals surface area contributed by atoms with Gasteiger partial charge in [-0.25, -0.2) is 14.6 Å². The van der Waals surface area contributed by atoms with Crippen LogP contribution in [0.5, 0.6) is 0 Å². The number of nitrogens with zero attached hydrogens (tertiary/aromatic N) is 4. The molecule has 0 saturated heterocycles. The van der Waals surface area contributed by atoms with Crippen molar-refractivity contribution in [1.82, 2.24) is 4.90 Å².